The number of benzene rings is 1. The molecule has 0 aromatic heterocycles. The number of carbonyl (C=O) groups excluding carboxylic acids is 1. The summed E-state index contributed by atoms with van der Waals surface area (Å²) in [5.74, 6) is -0.240. The third kappa shape index (κ3) is 3.18. The zero-order chi connectivity index (χ0) is 13.8. The number of rotatable bonds is 5. The Hall–Kier alpha value is -0.730. The topological polar surface area (TPSA) is 26.3 Å². The monoisotopic (exact) mass is 288 g/mol. The molecule has 4 heteroatoms. The van der Waals surface area contributed by atoms with Crippen molar-refractivity contribution in [3.63, 3.8) is 0 Å². The van der Waals surface area contributed by atoms with Crippen LogP contribution in [0.2, 0.25) is 10.0 Å². The Morgan fingerprint density at radius 3 is 2.50 bits per heavy atom. The number of carbonyl (C=O) groups is 1. The molecule has 1 aromatic rings. The zero-order valence-corrected chi connectivity index (χ0v) is 12.4. The summed E-state index contributed by atoms with van der Waals surface area (Å²) in [6, 6.07) is 5.21. The molecule has 0 amide bonds. The van der Waals surface area contributed by atoms with E-state index in [0.717, 1.165) is 12.0 Å². The Labute approximate surface area is 118 Å². The van der Waals surface area contributed by atoms with E-state index in [1.54, 1.807) is 25.1 Å². The highest BCUT2D eigenvalue weighted by molar-refractivity contribution is 6.35. The molecule has 1 atom stereocenters. The Kier molecular flexibility index (Phi) is 5.48. The number of hydrogen-bond acceptors (Lipinski definition) is 2. The summed E-state index contributed by atoms with van der Waals surface area (Å²) in [6.07, 6.45) is 1.56. The van der Waals surface area contributed by atoms with Gasteiger partial charge < -0.3 is 4.74 Å². The molecule has 100 valence electrons. The fraction of sp³-hybridized carbons (Fsp3) is 0.500. The van der Waals surface area contributed by atoms with Crippen molar-refractivity contribution >= 4 is 29.2 Å². The van der Waals surface area contributed by atoms with Gasteiger partial charge in [0.25, 0.3) is 0 Å². The van der Waals surface area contributed by atoms with Crippen molar-refractivity contribution in [1.82, 2.24) is 0 Å². The molecule has 0 saturated carbocycles. The number of hydrogen-bond donors (Lipinski definition) is 0. The van der Waals surface area contributed by atoms with Crippen molar-refractivity contribution < 1.29 is 9.53 Å². The summed E-state index contributed by atoms with van der Waals surface area (Å²) in [6.45, 7) is 6.06. The zero-order valence-electron chi connectivity index (χ0n) is 10.9. The second-order valence-electron chi connectivity index (χ2n) is 4.43. The van der Waals surface area contributed by atoms with Crippen molar-refractivity contribution in [2.24, 2.45) is 0 Å². The van der Waals surface area contributed by atoms with Crippen LogP contribution in [0.3, 0.4) is 0 Å². The number of halogens is 2. The summed E-state index contributed by atoms with van der Waals surface area (Å²) in [7, 11) is 0. The molecule has 18 heavy (non-hydrogen) atoms. The lowest BCUT2D eigenvalue weighted by molar-refractivity contribution is -0.149. The standard InChI is InChI=1S/C14H18Cl2O2/c1-4-8-14(3,13(17)18-5-2)11-7-6-10(15)9-12(11)16/h6-7,9H,4-5,8H2,1-3H3. The molecule has 2 nitrogen and oxygen atoms in total. The van der Waals surface area contributed by atoms with E-state index in [1.807, 2.05) is 13.8 Å². The second-order valence-corrected chi connectivity index (χ2v) is 5.27. The minimum atomic E-state index is -0.716. The molecule has 0 heterocycles. The average molecular weight is 289 g/mol. The van der Waals surface area contributed by atoms with Gasteiger partial charge in [0.1, 0.15) is 0 Å². The Bertz CT molecular complexity index is 432. The Morgan fingerprint density at radius 1 is 1.33 bits per heavy atom. The molecule has 0 aliphatic rings. The van der Waals surface area contributed by atoms with Gasteiger partial charge in [0, 0.05) is 10.0 Å². The van der Waals surface area contributed by atoms with E-state index in [9.17, 15) is 4.79 Å². The van der Waals surface area contributed by atoms with Gasteiger partial charge in [-0.3, -0.25) is 4.79 Å². The first-order valence-electron chi connectivity index (χ1n) is 6.08. The summed E-state index contributed by atoms with van der Waals surface area (Å²) in [4.78, 5) is 12.2. The molecule has 1 unspecified atom stereocenters. The van der Waals surface area contributed by atoms with E-state index < -0.39 is 5.41 Å². The summed E-state index contributed by atoms with van der Waals surface area (Å²) < 4.78 is 5.17. The second kappa shape index (κ2) is 6.44. The normalized spacial score (nSPS) is 14.1. The van der Waals surface area contributed by atoms with Gasteiger partial charge in [-0.1, -0.05) is 42.6 Å². The first-order valence-corrected chi connectivity index (χ1v) is 6.84. The molecular formula is C14H18Cl2O2. The fourth-order valence-corrected chi connectivity index (χ4v) is 2.69. The molecule has 0 fully saturated rings. The average Bonchev–Trinajstić information content (AvgIpc) is 2.29. The van der Waals surface area contributed by atoms with Crippen LogP contribution < -0.4 is 0 Å². The highest BCUT2D eigenvalue weighted by Crippen LogP contribution is 2.36. The lowest BCUT2D eigenvalue weighted by Gasteiger charge is -2.28. The van der Waals surface area contributed by atoms with Gasteiger partial charge in [-0.2, -0.15) is 0 Å². The highest BCUT2D eigenvalue weighted by atomic mass is 35.5. The first kappa shape index (κ1) is 15.3. The van der Waals surface area contributed by atoms with Gasteiger partial charge in [-0.25, -0.2) is 0 Å². The lowest BCUT2D eigenvalue weighted by Crippen LogP contribution is -2.34. The van der Waals surface area contributed by atoms with Crippen molar-refractivity contribution in [3.05, 3.63) is 33.8 Å². The minimum Gasteiger partial charge on any atom is -0.465 e. The largest absolute Gasteiger partial charge is 0.465 e. The predicted octanol–water partition coefficient (Wildman–Crippen LogP) is 4.61. The van der Waals surface area contributed by atoms with Gasteiger partial charge in [-0.05, 0) is 38.0 Å². The van der Waals surface area contributed by atoms with Crippen LogP contribution >= 0.6 is 23.2 Å². The van der Waals surface area contributed by atoms with Gasteiger partial charge >= 0.3 is 5.97 Å². The van der Waals surface area contributed by atoms with Crippen LogP contribution in [0.4, 0.5) is 0 Å². The molecule has 0 aliphatic carbocycles. The van der Waals surface area contributed by atoms with Crippen LogP contribution in [0.15, 0.2) is 18.2 Å². The van der Waals surface area contributed by atoms with Gasteiger partial charge in [-0.15, -0.1) is 0 Å². The van der Waals surface area contributed by atoms with Crippen molar-refractivity contribution in [1.29, 1.82) is 0 Å². The third-order valence-electron chi connectivity index (χ3n) is 3.00. The van der Waals surface area contributed by atoms with Crippen molar-refractivity contribution in [2.45, 2.75) is 39.0 Å². The maximum atomic E-state index is 12.2. The van der Waals surface area contributed by atoms with Crippen LogP contribution in [-0.2, 0) is 14.9 Å². The number of ether oxygens (including phenoxy) is 1. The Balaban J connectivity index is 3.21. The molecule has 0 aliphatic heterocycles. The molecule has 1 rings (SSSR count). The SMILES string of the molecule is CCCC(C)(C(=O)OCC)c1ccc(Cl)cc1Cl. The predicted molar refractivity (Wildman–Crippen MR) is 75.4 cm³/mol. The maximum Gasteiger partial charge on any atom is 0.316 e. The summed E-state index contributed by atoms with van der Waals surface area (Å²) in [5, 5.41) is 1.07. The lowest BCUT2D eigenvalue weighted by atomic mass is 9.78. The van der Waals surface area contributed by atoms with E-state index in [-0.39, 0.29) is 5.97 Å². The minimum absolute atomic E-state index is 0.240. The Morgan fingerprint density at radius 2 is 2.00 bits per heavy atom. The van der Waals surface area contributed by atoms with Crippen LogP contribution in [0, 0.1) is 0 Å². The molecule has 0 bridgehead atoms. The van der Waals surface area contributed by atoms with Crippen molar-refractivity contribution in [2.75, 3.05) is 6.61 Å². The third-order valence-corrected chi connectivity index (χ3v) is 3.55. The van der Waals surface area contributed by atoms with E-state index >= 15 is 0 Å². The molecular weight excluding hydrogens is 271 g/mol. The molecule has 0 N–H and O–H groups in total. The van der Waals surface area contributed by atoms with Crippen LogP contribution in [0.25, 0.3) is 0 Å². The molecule has 1 aromatic carbocycles. The quantitative estimate of drug-likeness (QED) is 0.740. The number of esters is 1. The van der Waals surface area contributed by atoms with Crippen molar-refractivity contribution in [3.8, 4) is 0 Å². The van der Waals surface area contributed by atoms with Gasteiger partial charge in [0.15, 0.2) is 0 Å². The molecule has 0 spiro atoms. The van der Waals surface area contributed by atoms with E-state index in [0.29, 0.717) is 23.1 Å². The van der Waals surface area contributed by atoms with Crippen LogP contribution in [0.1, 0.15) is 39.2 Å². The fourth-order valence-electron chi connectivity index (χ4n) is 2.07. The smallest absolute Gasteiger partial charge is 0.316 e. The van der Waals surface area contributed by atoms with Crippen LogP contribution in [0.5, 0.6) is 0 Å². The maximum absolute atomic E-state index is 12.2. The highest BCUT2D eigenvalue weighted by Gasteiger charge is 2.37. The van der Waals surface area contributed by atoms with E-state index in [2.05, 4.69) is 0 Å². The van der Waals surface area contributed by atoms with Gasteiger partial charge in [0.05, 0.1) is 12.0 Å². The van der Waals surface area contributed by atoms with E-state index in [1.165, 1.54) is 0 Å². The molecule has 0 saturated heterocycles. The van der Waals surface area contributed by atoms with Crippen LogP contribution in [-0.4, -0.2) is 12.6 Å². The summed E-state index contributed by atoms with van der Waals surface area (Å²) >= 11 is 12.1. The summed E-state index contributed by atoms with van der Waals surface area (Å²) in [5.41, 5.74) is 0.0563. The van der Waals surface area contributed by atoms with E-state index in [4.69, 9.17) is 27.9 Å². The first-order chi connectivity index (χ1) is 8.45. The van der Waals surface area contributed by atoms with Gasteiger partial charge in [0.2, 0.25) is 0 Å². The molecule has 0 radical (unpaired) electrons.